The second-order valence-corrected chi connectivity index (χ2v) is 4.42. The number of hydrogen-bond acceptors (Lipinski definition) is 5. The van der Waals surface area contributed by atoms with Gasteiger partial charge in [0.05, 0.1) is 5.39 Å². The van der Waals surface area contributed by atoms with Gasteiger partial charge in [0, 0.05) is 22.4 Å². The Labute approximate surface area is 105 Å². The third-order valence-corrected chi connectivity index (χ3v) is 2.87. The highest BCUT2D eigenvalue weighted by molar-refractivity contribution is 9.10. The van der Waals surface area contributed by atoms with E-state index in [2.05, 4.69) is 31.1 Å². The van der Waals surface area contributed by atoms with Crippen molar-refractivity contribution in [1.29, 1.82) is 0 Å². The molecule has 1 aromatic carbocycles. The average Bonchev–Trinajstić information content (AvgIpc) is 2.73. The summed E-state index contributed by atoms with van der Waals surface area (Å²) in [5.74, 6) is 0.239. The molecule has 0 aliphatic heterocycles. The lowest BCUT2D eigenvalue weighted by molar-refractivity contribution is 0.459. The highest BCUT2D eigenvalue weighted by Crippen LogP contribution is 2.29. The van der Waals surface area contributed by atoms with Crippen LogP contribution >= 0.6 is 15.9 Å². The normalized spacial score (nSPS) is 10.9. The smallest absolute Gasteiger partial charge is 0.219 e. The molecule has 3 aromatic rings. The average molecular weight is 291 g/mol. The molecule has 0 bridgehead atoms. The summed E-state index contributed by atoms with van der Waals surface area (Å²) in [5, 5.41) is 4.93. The Balaban J connectivity index is 2.23. The van der Waals surface area contributed by atoms with Crippen molar-refractivity contribution in [1.82, 2.24) is 15.1 Å². The third kappa shape index (κ3) is 1.76. The molecular formula is C11H7BrN4O. The number of fused-ring (bicyclic) bond motifs is 1. The molecule has 2 heterocycles. The van der Waals surface area contributed by atoms with Crippen LogP contribution in [-0.4, -0.2) is 15.1 Å². The van der Waals surface area contributed by atoms with Crippen LogP contribution < -0.4 is 5.73 Å². The maximum Gasteiger partial charge on any atom is 0.219 e. The van der Waals surface area contributed by atoms with Crippen LogP contribution in [0.25, 0.3) is 22.2 Å². The van der Waals surface area contributed by atoms with Crippen LogP contribution in [0.3, 0.4) is 0 Å². The lowest BCUT2D eigenvalue weighted by atomic mass is 10.1. The molecule has 0 atom stereocenters. The number of rotatable bonds is 1. The maximum absolute atomic E-state index is 5.44. The Morgan fingerprint density at radius 2 is 1.94 bits per heavy atom. The summed E-state index contributed by atoms with van der Waals surface area (Å²) in [7, 11) is 0. The van der Waals surface area contributed by atoms with Gasteiger partial charge < -0.3 is 10.3 Å². The predicted octanol–water partition coefficient (Wildman–Crippen LogP) is 2.63. The minimum Gasteiger partial charge on any atom is -0.368 e. The van der Waals surface area contributed by atoms with E-state index in [0.29, 0.717) is 5.69 Å². The van der Waals surface area contributed by atoms with Gasteiger partial charge in [-0.05, 0) is 18.2 Å². The Morgan fingerprint density at radius 3 is 2.71 bits per heavy atom. The summed E-state index contributed by atoms with van der Waals surface area (Å²) in [5.41, 5.74) is 7.65. The second kappa shape index (κ2) is 3.81. The van der Waals surface area contributed by atoms with E-state index in [0.717, 1.165) is 21.0 Å². The zero-order chi connectivity index (χ0) is 11.8. The standard InChI is InChI=1S/C11H7BrN4O/c12-7-1-2-9-8(3-7)10(16-17-9)6-4-14-11(13)15-5-6/h1-5H,(H2,13,14,15). The first kappa shape index (κ1) is 10.2. The summed E-state index contributed by atoms with van der Waals surface area (Å²) in [4.78, 5) is 7.88. The number of nitrogens with two attached hydrogens (primary N) is 1. The number of aromatic nitrogens is 3. The molecule has 0 saturated heterocycles. The van der Waals surface area contributed by atoms with Gasteiger partial charge in [0.1, 0.15) is 5.69 Å². The highest BCUT2D eigenvalue weighted by atomic mass is 79.9. The van der Waals surface area contributed by atoms with Crippen molar-refractivity contribution < 1.29 is 4.52 Å². The van der Waals surface area contributed by atoms with Crippen molar-refractivity contribution in [3.8, 4) is 11.3 Å². The maximum atomic E-state index is 5.44. The molecule has 0 radical (unpaired) electrons. The van der Waals surface area contributed by atoms with Gasteiger partial charge >= 0.3 is 0 Å². The molecule has 84 valence electrons. The molecule has 0 amide bonds. The molecule has 3 rings (SSSR count). The Bertz CT molecular complexity index is 678. The number of halogens is 1. The molecule has 17 heavy (non-hydrogen) atoms. The molecule has 0 aliphatic rings. The number of anilines is 1. The van der Waals surface area contributed by atoms with Gasteiger partial charge in [0.2, 0.25) is 5.95 Å². The molecule has 0 aliphatic carbocycles. The molecule has 0 spiro atoms. The van der Waals surface area contributed by atoms with E-state index < -0.39 is 0 Å². The van der Waals surface area contributed by atoms with Gasteiger partial charge in [-0.25, -0.2) is 9.97 Å². The van der Waals surface area contributed by atoms with Crippen molar-refractivity contribution in [3.05, 3.63) is 35.1 Å². The van der Waals surface area contributed by atoms with E-state index in [-0.39, 0.29) is 5.95 Å². The van der Waals surface area contributed by atoms with Gasteiger partial charge in [0.25, 0.3) is 0 Å². The molecular weight excluding hydrogens is 284 g/mol. The van der Waals surface area contributed by atoms with E-state index in [1.54, 1.807) is 12.4 Å². The molecule has 6 heteroatoms. The second-order valence-electron chi connectivity index (χ2n) is 3.50. The summed E-state index contributed by atoms with van der Waals surface area (Å²) in [6, 6.07) is 5.70. The van der Waals surface area contributed by atoms with Crippen molar-refractivity contribution >= 4 is 32.8 Å². The summed E-state index contributed by atoms with van der Waals surface area (Å²) < 4.78 is 6.19. The van der Waals surface area contributed by atoms with Crippen molar-refractivity contribution in [2.24, 2.45) is 0 Å². The molecule has 5 nitrogen and oxygen atoms in total. The largest absolute Gasteiger partial charge is 0.368 e. The van der Waals surface area contributed by atoms with E-state index in [4.69, 9.17) is 10.3 Å². The lowest BCUT2D eigenvalue weighted by Crippen LogP contribution is -1.93. The van der Waals surface area contributed by atoms with Crippen molar-refractivity contribution in [2.75, 3.05) is 5.73 Å². The van der Waals surface area contributed by atoms with E-state index in [1.165, 1.54) is 0 Å². The van der Waals surface area contributed by atoms with Crippen molar-refractivity contribution in [2.45, 2.75) is 0 Å². The van der Waals surface area contributed by atoms with Gasteiger partial charge in [-0.1, -0.05) is 21.1 Å². The third-order valence-electron chi connectivity index (χ3n) is 2.38. The molecule has 2 N–H and O–H groups in total. The lowest BCUT2D eigenvalue weighted by Gasteiger charge is -1.96. The minimum atomic E-state index is 0.239. The fraction of sp³-hybridized carbons (Fsp3) is 0. The molecule has 0 fully saturated rings. The van der Waals surface area contributed by atoms with Crippen LogP contribution in [0.15, 0.2) is 39.6 Å². The molecule has 0 saturated carbocycles. The quantitative estimate of drug-likeness (QED) is 0.745. The number of nitrogen functional groups attached to an aromatic ring is 1. The van der Waals surface area contributed by atoms with Crippen LogP contribution in [0, 0.1) is 0 Å². The van der Waals surface area contributed by atoms with Crippen LogP contribution in [0.2, 0.25) is 0 Å². The summed E-state index contributed by atoms with van der Waals surface area (Å²) >= 11 is 3.41. The van der Waals surface area contributed by atoms with Crippen LogP contribution in [0.5, 0.6) is 0 Å². The van der Waals surface area contributed by atoms with Gasteiger partial charge in [-0.15, -0.1) is 0 Å². The minimum absolute atomic E-state index is 0.239. The first-order valence-corrected chi connectivity index (χ1v) is 5.66. The van der Waals surface area contributed by atoms with Crippen LogP contribution in [0.1, 0.15) is 0 Å². The number of benzene rings is 1. The Morgan fingerprint density at radius 1 is 1.18 bits per heavy atom. The monoisotopic (exact) mass is 290 g/mol. The highest BCUT2D eigenvalue weighted by Gasteiger charge is 2.11. The first-order valence-electron chi connectivity index (χ1n) is 4.87. The Kier molecular flexibility index (Phi) is 2.29. The number of nitrogens with zero attached hydrogens (tertiary/aromatic N) is 3. The SMILES string of the molecule is Nc1ncc(-c2noc3ccc(Br)cc23)cn1. The van der Waals surface area contributed by atoms with Crippen LogP contribution in [-0.2, 0) is 0 Å². The van der Waals surface area contributed by atoms with Gasteiger partial charge in [-0.3, -0.25) is 0 Å². The topological polar surface area (TPSA) is 77.8 Å². The fourth-order valence-electron chi connectivity index (χ4n) is 1.58. The number of hydrogen-bond donors (Lipinski definition) is 1. The summed E-state index contributed by atoms with van der Waals surface area (Å²) in [6.45, 7) is 0. The summed E-state index contributed by atoms with van der Waals surface area (Å²) in [6.07, 6.45) is 3.25. The van der Waals surface area contributed by atoms with E-state index in [9.17, 15) is 0 Å². The van der Waals surface area contributed by atoms with Crippen LogP contribution in [0.4, 0.5) is 5.95 Å². The zero-order valence-corrected chi connectivity index (χ0v) is 10.2. The Hall–Kier alpha value is -1.95. The van der Waals surface area contributed by atoms with Gasteiger partial charge in [0.15, 0.2) is 5.58 Å². The molecule has 2 aromatic heterocycles. The fourth-order valence-corrected chi connectivity index (χ4v) is 1.94. The zero-order valence-electron chi connectivity index (χ0n) is 8.59. The van der Waals surface area contributed by atoms with E-state index in [1.807, 2.05) is 18.2 Å². The predicted molar refractivity (Wildman–Crippen MR) is 67.1 cm³/mol. The van der Waals surface area contributed by atoms with Crippen molar-refractivity contribution in [3.63, 3.8) is 0 Å². The van der Waals surface area contributed by atoms with Gasteiger partial charge in [-0.2, -0.15) is 0 Å². The van der Waals surface area contributed by atoms with E-state index >= 15 is 0 Å². The first-order chi connectivity index (χ1) is 8.24. The molecule has 0 unspecified atom stereocenters.